The fourth-order valence-electron chi connectivity index (χ4n) is 0.840. The maximum absolute atomic E-state index is 12.3. The van der Waals surface area contributed by atoms with Gasteiger partial charge in [-0.05, 0) is 0 Å². The highest BCUT2D eigenvalue weighted by Gasteiger charge is 2.50. The van der Waals surface area contributed by atoms with Crippen LogP contribution < -0.4 is 5.32 Å². The summed E-state index contributed by atoms with van der Waals surface area (Å²) >= 11 is 0. The molecule has 1 atom stereocenters. The molecule has 1 fully saturated rings. The van der Waals surface area contributed by atoms with Gasteiger partial charge < -0.3 is 10.1 Å². The maximum atomic E-state index is 12.3. The zero-order valence-electron chi connectivity index (χ0n) is 6.03. The zero-order chi connectivity index (χ0) is 7.78. The van der Waals surface area contributed by atoms with E-state index < -0.39 is 12.2 Å². The van der Waals surface area contributed by atoms with E-state index in [0.717, 1.165) is 0 Å². The van der Waals surface area contributed by atoms with Crippen LogP contribution in [0.5, 0.6) is 0 Å². The van der Waals surface area contributed by atoms with E-state index in [4.69, 9.17) is 0 Å². The molecule has 1 rings (SSSR count). The standard InChI is InChI=1S/C6H11F2NO/c1-4(2)9-5-3-10-6(5,7)8/h4-5,9H,3H2,1-2H3. The van der Waals surface area contributed by atoms with E-state index in [-0.39, 0.29) is 12.6 Å². The monoisotopic (exact) mass is 151 g/mol. The minimum atomic E-state index is -2.94. The first kappa shape index (κ1) is 7.88. The molecule has 4 heteroatoms. The summed E-state index contributed by atoms with van der Waals surface area (Å²) in [6, 6.07) is -0.702. The smallest absolute Gasteiger partial charge is 0.317 e. The Labute approximate surface area is 58.6 Å². The van der Waals surface area contributed by atoms with Crippen LogP contribution in [0.3, 0.4) is 0 Å². The van der Waals surface area contributed by atoms with Gasteiger partial charge in [-0.2, -0.15) is 8.78 Å². The molecule has 0 bridgehead atoms. The third kappa shape index (κ3) is 1.44. The van der Waals surface area contributed by atoms with Gasteiger partial charge in [-0.3, -0.25) is 0 Å². The van der Waals surface area contributed by atoms with Crippen molar-refractivity contribution in [2.24, 2.45) is 0 Å². The molecule has 0 spiro atoms. The lowest BCUT2D eigenvalue weighted by Crippen LogP contribution is -2.60. The fourth-order valence-corrected chi connectivity index (χ4v) is 0.840. The second-order valence-electron chi connectivity index (χ2n) is 2.75. The van der Waals surface area contributed by atoms with Gasteiger partial charge in [0.05, 0.1) is 6.61 Å². The van der Waals surface area contributed by atoms with E-state index in [1.54, 1.807) is 0 Å². The number of alkyl halides is 2. The van der Waals surface area contributed by atoms with E-state index in [1.807, 2.05) is 13.8 Å². The van der Waals surface area contributed by atoms with Gasteiger partial charge >= 0.3 is 6.11 Å². The van der Waals surface area contributed by atoms with Crippen LogP contribution >= 0.6 is 0 Å². The molecule has 1 aliphatic heterocycles. The van der Waals surface area contributed by atoms with Crippen molar-refractivity contribution < 1.29 is 13.5 Å². The number of rotatable bonds is 2. The number of halogens is 2. The van der Waals surface area contributed by atoms with Gasteiger partial charge in [0.25, 0.3) is 0 Å². The lowest BCUT2D eigenvalue weighted by Gasteiger charge is -2.37. The Balaban J connectivity index is 2.30. The van der Waals surface area contributed by atoms with Gasteiger partial charge in [0.15, 0.2) is 0 Å². The highest BCUT2D eigenvalue weighted by atomic mass is 19.3. The van der Waals surface area contributed by atoms with Crippen molar-refractivity contribution in [1.29, 1.82) is 0 Å². The summed E-state index contributed by atoms with van der Waals surface area (Å²) in [5.74, 6) is 0. The van der Waals surface area contributed by atoms with Crippen molar-refractivity contribution in [1.82, 2.24) is 5.32 Å². The van der Waals surface area contributed by atoms with Crippen LogP contribution in [0.1, 0.15) is 13.8 Å². The van der Waals surface area contributed by atoms with Crippen LogP contribution in [-0.4, -0.2) is 24.8 Å². The maximum Gasteiger partial charge on any atom is 0.373 e. The molecule has 0 aromatic heterocycles. The molecular weight excluding hydrogens is 140 g/mol. The summed E-state index contributed by atoms with van der Waals surface area (Å²) in [6.07, 6.45) is -2.94. The van der Waals surface area contributed by atoms with Crippen molar-refractivity contribution >= 4 is 0 Å². The van der Waals surface area contributed by atoms with Gasteiger partial charge in [0.2, 0.25) is 0 Å². The number of hydrogen-bond donors (Lipinski definition) is 1. The van der Waals surface area contributed by atoms with Crippen molar-refractivity contribution in [3.63, 3.8) is 0 Å². The molecule has 0 radical (unpaired) electrons. The van der Waals surface area contributed by atoms with Gasteiger partial charge in [-0.1, -0.05) is 13.8 Å². The second kappa shape index (κ2) is 2.43. The van der Waals surface area contributed by atoms with Gasteiger partial charge in [0, 0.05) is 6.04 Å². The quantitative estimate of drug-likeness (QED) is 0.635. The summed E-state index contributed by atoms with van der Waals surface area (Å²) < 4.78 is 28.6. The first-order chi connectivity index (χ1) is 4.52. The average Bonchev–Trinajstić information content (AvgIpc) is 1.81. The third-order valence-electron chi connectivity index (χ3n) is 1.38. The highest BCUT2D eigenvalue weighted by Crippen LogP contribution is 2.29. The molecule has 0 aromatic carbocycles. The van der Waals surface area contributed by atoms with Crippen LogP contribution in [0.2, 0.25) is 0 Å². The Kier molecular flexibility index (Phi) is 1.92. The normalized spacial score (nSPS) is 30.3. The number of hydrogen-bond acceptors (Lipinski definition) is 2. The van der Waals surface area contributed by atoms with E-state index in [0.29, 0.717) is 0 Å². The molecule has 2 nitrogen and oxygen atoms in total. The molecule has 1 aliphatic rings. The summed E-state index contributed by atoms with van der Waals surface area (Å²) in [6.45, 7) is 3.77. The molecule has 0 amide bonds. The second-order valence-corrected chi connectivity index (χ2v) is 2.75. The summed E-state index contributed by atoms with van der Waals surface area (Å²) in [7, 11) is 0. The molecule has 1 N–H and O–H groups in total. The SMILES string of the molecule is CC(C)NC1COC1(F)F. The molecule has 10 heavy (non-hydrogen) atoms. The molecule has 0 aliphatic carbocycles. The Hall–Kier alpha value is -0.220. The fraction of sp³-hybridized carbons (Fsp3) is 1.00. The molecule has 0 saturated carbocycles. The minimum Gasteiger partial charge on any atom is -0.317 e. The van der Waals surface area contributed by atoms with Gasteiger partial charge in [-0.25, -0.2) is 0 Å². The molecule has 0 aromatic rings. The average molecular weight is 151 g/mol. The Morgan fingerprint density at radius 2 is 2.20 bits per heavy atom. The van der Waals surface area contributed by atoms with Crippen LogP contribution in [0.4, 0.5) is 8.78 Å². The molecule has 60 valence electrons. The highest BCUT2D eigenvalue weighted by molar-refractivity contribution is 4.85. The van der Waals surface area contributed by atoms with Crippen LogP contribution in [0.15, 0.2) is 0 Å². The van der Waals surface area contributed by atoms with Crippen molar-refractivity contribution in [2.45, 2.75) is 32.0 Å². The van der Waals surface area contributed by atoms with Crippen molar-refractivity contribution in [3.8, 4) is 0 Å². The van der Waals surface area contributed by atoms with E-state index >= 15 is 0 Å². The third-order valence-corrected chi connectivity index (χ3v) is 1.38. The van der Waals surface area contributed by atoms with Crippen LogP contribution in [-0.2, 0) is 4.74 Å². The number of nitrogens with one attached hydrogen (secondary N) is 1. The zero-order valence-corrected chi connectivity index (χ0v) is 6.03. The van der Waals surface area contributed by atoms with Crippen molar-refractivity contribution in [3.05, 3.63) is 0 Å². The summed E-state index contributed by atoms with van der Waals surface area (Å²) in [5, 5.41) is 2.69. The first-order valence-electron chi connectivity index (χ1n) is 3.30. The largest absolute Gasteiger partial charge is 0.373 e. The topological polar surface area (TPSA) is 21.3 Å². The Bertz CT molecular complexity index is 127. The predicted molar refractivity (Wildman–Crippen MR) is 33.0 cm³/mol. The predicted octanol–water partition coefficient (Wildman–Crippen LogP) is 0.976. The molecule has 1 saturated heterocycles. The molecule has 1 unspecified atom stereocenters. The lowest BCUT2D eigenvalue weighted by molar-refractivity contribution is -0.335. The van der Waals surface area contributed by atoms with E-state index in [2.05, 4.69) is 10.1 Å². The molecule has 1 heterocycles. The van der Waals surface area contributed by atoms with E-state index in [9.17, 15) is 8.78 Å². The van der Waals surface area contributed by atoms with Gasteiger partial charge in [-0.15, -0.1) is 0 Å². The Morgan fingerprint density at radius 3 is 2.30 bits per heavy atom. The van der Waals surface area contributed by atoms with E-state index in [1.165, 1.54) is 0 Å². The Morgan fingerprint density at radius 1 is 1.60 bits per heavy atom. The summed E-state index contributed by atoms with van der Waals surface area (Å²) in [4.78, 5) is 0. The van der Waals surface area contributed by atoms with Gasteiger partial charge in [0.1, 0.15) is 6.04 Å². The van der Waals surface area contributed by atoms with Crippen LogP contribution in [0.25, 0.3) is 0 Å². The summed E-state index contributed by atoms with van der Waals surface area (Å²) in [5.41, 5.74) is 0. The minimum absolute atomic E-state index is 0.0831. The van der Waals surface area contributed by atoms with Crippen molar-refractivity contribution in [2.75, 3.05) is 6.61 Å². The number of ether oxygens (including phenoxy) is 1. The first-order valence-corrected chi connectivity index (χ1v) is 3.30. The van der Waals surface area contributed by atoms with Crippen LogP contribution in [0, 0.1) is 0 Å². The lowest BCUT2D eigenvalue weighted by atomic mass is 10.2. The molecular formula is C6H11F2NO.